The van der Waals surface area contributed by atoms with E-state index in [1.807, 2.05) is 0 Å². The Hall–Kier alpha value is -1.46. The van der Waals surface area contributed by atoms with Crippen molar-refractivity contribution in [1.82, 2.24) is 20.2 Å². The van der Waals surface area contributed by atoms with Crippen molar-refractivity contribution in [2.45, 2.75) is 47.6 Å². The molecule has 0 radical (unpaired) electrons. The van der Waals surface area contributed by atoms with Crippen molar-refractivity contribution in [3.8, 4) is 0 Å². The number of nitrogens with zero attached hydrogens (tertiary/aromatic N) is 4. The minimum Gasteiger partial charge on any atom is -0.481 e. The highest BCUT2D eigenvalue weighted by Gasteiger charge is 2.30. The van der Waals surface area contributed by atoms with Gasteiger partial charge in [-0.15, -0.1) is 5.10 Å². The van der Waals surface area contributed by atoms with Gasteiger partial charge in [0, 0.05) is 6.42 Å². The number of aliphatic carboxylic acids is 1. The lowest BCUT2D eigenvalue weighted by molar-refractivity contribution is -0.147. The highest BCUT2D eigenvalue weighted by Crippen LogP contribution is 2.22. The van der Waals surface area contributed by atoms with Gasteiger partial charge in [0.15, 0.2) is 5.82 Å². The maximum absolute atomic E-state index is 11.1. The van der Waals surface area contributed by atoms with Crippen molar-refractivity contribution in [2.24, 2.45) is 10.8 Å². The minimum atomic E-state index is -0.873. The number of tetrazole rings is 1. The van der Waals surface area contributed by atoms with Crippen LogP contribution in [0.2, 0.25) is 0 Å². The molecule has 17 heavy (non-hydrogen) atoms. The zero-order chi connectivity index (χ0) is 13.3. The first-order valence-corrected chi connectivity index (χ1v) is 5.60. The second-order valence-electron chi connectivity index (χ2n) is 6.18. The molecule has 0 bridgehead atoms. The van der Waals surface area contributed by atoms with Crippen molar-refractivity contribution >= 4 is 5.97 Å². The number of carboxylic acids is 1. The molecular formula is C11H20N4O2. The van der Waals surface area contributed by atoms with Gasteiger partial charge in [0.05, 0.1) is 12.0 Å². The molecule has 0 spiro atoms. The van der Waals surface area contributed by atoms with Crippen molar-refractivity contribution in [2.75, 3.05) is 0 Å². The fraction of sp³-hybridized carbons (Fsp3) is 0.818. The summed E-state index contributed by atoms with van der Waals surface area (Å²) >= 11 is 0. The molecule has 6 nitrogen and oxygen atoms in total. The summed E-state index contributed by atoms with van der Waals surface area (Å²) in [5.41, 5.74) is -0.804. The molecule has 0 unspecified atom stereocenters. The van der Waals surface area contributed by atoms with Crippen LogP contribution in [0.25, 0.3) is 0 Å². The van der Waals surface area contributed by atoms with E-state index >= 15 is 0 Å². The number of carboxylic acid groups (broad SMARTS) is 1. The van der Waals surface area contributed by atoms with Crippen molar-refractivity contribution in [3.05, 3.63) is 5.82 Å². The molecule has 1 heterocycles. The smallest absolute Gasteiger partial charge is 0.310 e. The maximum Gasteiger partial charge on any atom is 0.310 e. The normalized spacial score (nSPS) is 12.8. The number of hydrogen-bond donors (Lipinski definition) is 1. The average molecular weight is 240 g/mol. The Labute approximate surface area is 101 Å². The molecule has 0 fully saturated rings. The van der Waals surface area contributed by atoms with Crippen LogP contribution in [-0.2, 0) is 17.8 Å². The number of hydrogen-bond acceptors (Lipinski definition) is 4. The van der Waals surface area contributed by atoms with Crippen molar-refractivity contribution in [3.63, 3.8) is 0 Å². The van der Waals surface area contributed by atoms with Gasteiger partial charge in [-0.25, -0.2) is 4.68 Å². The maximum atomic E-state index is 11.1. The second-order valence-corrected chi connectivity index (χ2v) is 6.18. The van der Waals surface area contributed by atoms with E-state index in [0.29, 0.717) is 0 Å². The van der Waals surface area contributed by atoms with Gasteiger partial charge in [0.1, 0.15) is 0 Å². The third-order valence-corrected chi connectivity index (χ3v) is 2.42. The van der Waals surface area contributed by atoms with Gasteiger partial charge in [-0.1, -0.05) is 20.8 Å². The largest absolute Gasteiger partial charge is 0.481 e. The fourth-order valence-electron chi connectivity index (χ4n) is 1.39. The van der Waals surface area contributed by atoms with Gasteiger partial charge in [0.25, 0.3) is 0 Å². The fourth-order valence-corrected chi connectivity index (χ4v) is 1.39. The first-order valence-electron chi connectivity index (χ1n) is 5.60. The Morgan fingerprint density at radius 2 is 1.88 bits per heavy atom. The highest BCUT2D eigenvalue weighted by atomic mass is 16.4. The van der Waals surface area contributed by atoms with E-state index in [-0.39, 0.29) is 12.0 Å². The van der Waals surface area contributed by atoms with E-state index in [1.54, 1.807) is 18.5 Å². The van der Waals surface area contributed by atoms with Crippen LogP contribution in [0.1, 0.15) is 40.4 Å². The van der Waals surface area contributed by atoms with E-state index in [1.165, 1.54) is 0 Å². The molecule has 1 N–H and O–H groups in total. The summed E-state index contributed by atoms with van der Waals surface area (Å²) in [4.78, 5) is 11.1. The molecule has 0 aliphatic heterocycles. The summed E-state index contributed by atoms with van der Waals surface area (Å²) in [5.74, 6) is -0.124. The monoisotopic (exact) mass is 240 g/mol. The molecule has 6 heteroatoms. The molecular weight excluding hydrogens is 220 g/mol. The van der Waals surface area contributed by atoms with Gasteiger partial charge < -0.3 is 5.11 Å². The molecule has 0 atom stereocenters. The second kappa shape index (κ2) is 4.43. The SMILES string of the molecule is CC(C)(C)Cc1nnnn1CC(C)(C)C(=O)O. The molecule has 0 aliphatic carbocycles. The van der Waals surface area contributed by atoms with Gasteiger partial charge in [-0.05, 0) is 29.7 Å². The first-order chi connectivity index (χ1) is 7.62. The molecule has 0 aromatic carbocycles. The molecule has 96 valence electrons. The zero-order valence-corrected chi connectivity index (χ0v) is 11.1. The Morgan fingerprint density at radius 3 is 2.35 bits per heavy atom. The molecule has 1 rings (SSSR count). The van der Waals surface area contributed by atoms with Crippen molar-refractivity contribution < 1.29 is 9.90 Å². The van der Waals surface area contributed by atoms with E-state index in [0.717, 1.165) is 12.2 Å². The Morgan fingerprint density at radius 1 is 1.29 bits per heavy atom. The Kier molecular flexibility index (Phi) is 3.54. The van der Waals surface area contributed by atoms with Crippen LogP contribution in [0, 0.1) is 10.8 Å². The average Bonchev–Trinajstić information content (AvgIpc) is 2.48. The standard InChI is InChI=1S/C11H20N4O2/c1-10(2,3)6-8-12-13-14-15(8)7-11(4,5)9(16)17/h6-7H2,1-5H3,(H,16,17). The highest BCUT2D eigenvalue weighted by molar-refractivity contribution is 5.73. The number of rotatable bonds is 4. The first kappa shape index (κ1) is 13.6. The topological polar surface area (TPSA) is 80.9 Å². The minimum absolute atomic E-state index is 0.0693. The van der Waals surface area contributed by atoms with Crippen LogP contribution in [0.15, 0.2) is 0 Å². The summed E-state index contributed by atoms with van der Waals surface area (Å²) in [5, 5.41) is 20.5. The van der Waals surface area contributed by atoms with E-state index < -0.39 is 11.4 Å². The van der Waals surface area contributed by atoms with Crippen LogP contribution < -0.4 is 0 Å². The van der Waals surface area contributed by atoms with E-state index in [2.05, 4.69) is 36.3 Å². The van der Waals surface area contributed by atoms with Crippen LogP contribution in [0.3, 0.4) is 0 Å². The van der Waals surface area contributed by atoms with E-state index in [9.17, 15) is 4.79 Å². The van der Waals surface area contributed by atoms with Gasteiger partial charge in [-0.3, -0.25) is 4.79 Å². The predicted molar refractivity (Wildman–Crippen MR) is 62.4 cm³/mol. The lowest BCUT2D eigenvalue weighted by Gasteiger charge is -2.21. The van der Waals surface area contributed by atoms with Gasteiger partial charge >= 0.3 is 5.97 Å². The quantitative estimate of drug-likeness (QED) is 0.859. The molecule has 0 amide bonds. The lowest BCUT2D eigenvalue weighted by atomic mass is 9.91. The summed E-state index contributed by atoms with van der Waals surface area (Å²) in [6.45, 7) is 9.88. The van der Waals surface area contributed by atoms with Gasteiger partial charge in [-0.2, -0.15) is 0 Å². The van der Waals surface area contributed by atoms with Crippen LogP contribution >= 0.6 is 0 Å². The van der Waals surface area contributed by atoms with Crippen molar-refractivity contribution in [1.29, 1.82) is 0 Å². The van der Waals surface area contributed by atoms with Crippen LogP contribution in [0.4, 0.5) is 0 Å². The summed E-state index contributed by atoms with van der Waals surface area (Å²) in [6.07, 6.45) is 0.718. The zero-order valence-electron chi connectivity index (χ0n) is 11.1. The summed E-state index contributed by atoms with van der Waals surface area (Å²) in [7, 11) is 0. The molecule has 1 aromatic heterocycles. The molecule has 1 aromatic rings. The third kappa shape index (κ3) is 3.80. The number of aromatic nitrogens is 4. The summed E-state index contributed by atoms with van der Waals surface area (Å²) < 4.78 is 1.58. The Bertz CT molecular complexity index is 404. The number of carbonyl (C=O) groups is 1. The van der Waals surface area contributed by atoms with Crippen LogP contribution in [0.5, 0.6) is 0 Å². The van der Waals surface area contributed by atoms with Crippen LogP contribution in [-0.4, -0.2) is 31.3 Å². The molecule has 0 saturated heterocycles. The summed E-state index contributed by atoms with van der Waals surface area (Å²) in [6, 6.07) is 0. The molecule has 0 aliphatic rings. The molecule has 0 saturated carbocycles. The Balaban J connectivity index is 2.87. The van der Waals surface area contributed by atoms with E-state index in [4.69, 9.17) is 5.11 Å². The van der Waals surface area contributed by atoms with Gasteiger partial charge in [0.2, 0.25) is 0 Å². The lowest BCUT2D eigenvalue weighted by Crippen LogP contribution is -2.31. The predicted octanol–water partition coefficient (Wildman–Crippen LogP) is 1.37. The third-order valence-electron chi connectivity index (χ3n) is 2.42.